The molecule has 2 fully saturated rings. The average molecular weight is 548 g/mol. The van der Waals surface area contributed by atoms with Crippen molar-refractivity contribution in [2.24, 2.45) is 0 Å². The summed E-state index contributed by atoms with van der Waals surface area (Å²) in [6, 6.07) is 5.36. The summed E-state index contributed by atoms with van der Waals surface area (Å²) in [7, 11) is 0. The number of benzene rings is 1. The van der Waals surface area contributed by atoms with Crippen LogP contribution >= 0.6 is 0 Å². The molecule has 13 heteroatoms. The Morgan fingerprint density at radius 1 is 1.13 bits per heavy atom. The molecule has 6 rings (SSSR count). The highest BCUT2D eigenvalue weighted by Gasteiger charge is 2.51. The lowest BCUT2D eigenvalue weighted by molar-refractivity contribution is -0.143. The van der Waals surface area contributed by atoms with Gasteiger partial charge in [-0.15, -0.1) is 0 Å². The van der Waals surface area contributed by atoms with Crippen LogP contribution in [-0.2, 0) is 28.2 Å². The molecule has 1 aliphatic carbocycles. The number of Topliss-reactive ketones (excluding diaryl/α,β-unsaturated/α-hetero) is 1. The molecular weight excluding hydrogens is 519 g/mol. The number of fused-ring (bicyclic) bond motifs is 2. The van der Waals surface area contributed by atoms with E-state index in [1.54, 1.807) is 0 Å². The van der Waals surface area contributed by atoms with Crippen LogP contribution in [0.4, 0.5) is 13.2 Å². The van der Waals surface area contributed by atoms with Crippen LogP contribution in [0.2, 0.25) is 0 Å². The van der Waals surface area contributed by atoms with Crippen molar-refractivity contribution in [1.29, 1.82) is 0 Å². The van der Waals surface area contributed by atoms with E-state index in [0.29, 0.717) is 5.56 Å². The summed E-state index contributed by atoms with van der Waals surface area (Å²) < 4.78 is 43.2. The first-order valence-corrected chi connectivity index (χ1v) is 12.8. The van der Waals surface area contributed by atoms with Gasteiger partial charge in [-0.05, 0) is 49.8 Å². The molecule has 0 unspecified atom stereocenters. The summed E-state index contributed by atoms with van der Waals surface area (Å²) in [5.41, 5.74) is -3.99. The predicted molar refractivity (Wildman–Crippen MR) is 131 cm³/mol. The molecule has 1 saturated carbocycles. The highest BCUT2D eigenvalue weighted by molar-refractivity contribution is 6.37. The number of halogens is 3. The predicted octanol–water partition coefficient (Wildman–Crippen LogP) is 1.24. The van der Waals surface area contributed by atoms with E-state index in [4.69, 9.17) is 0 Å². The Morgan fingerprint density at radius 3 is 2.46 bits per heavy atom. The van der Waals surface area contributed by atoms with Crippen LogP contribution in [0.25, 0.3) is 0 Å². The number of nitrogens with zero attached hydrogens (tertiary/aromatic N) is 3. The monoisotopic (exact) mass is 547 g/mol. The van der Waals surface area contributed by atoms with E-state index in [0.717, 1.165) is 9.47 Å². The van der Waals surface area contributed by atoms with Gasteiger partial charge in [0.05, 0.1) is 25.2 Å². The van der Waals surface area contributed by atoms with E-state index in [9.17, 15) is 33.1 Å². The van der Waals surface area contributed by atoms with Gasteiger partial charge >= 0.3 is 0 Å². The minimum absolute atomic E-state index is 0.0144. The molecule has 1 aromatic heterocycles. The Kier molecular flexibility index (Phi) is 6.95. The molecule has 1 atom stereocenters. The Hall–Kier alpha value is -3.74. The van der Waals surface area contributed by atoms with Crippen LogP contribution in [0.3, 0.4) is 0 Å². The Bertz CT molecular complexity index is 1370. The number of aromatic nitrogens is 2. The zero-order valence-corrected chi connectivity index (χ0v) is 21.0. The van der Waals surface area contributed by atoms with Gasteiger partial charge in [-0.1, -0.05) is 12.1 Å². The van der Waals surface area contributed by atoms with E-state index < -0.39 is 64.3 Å². The SMILES string of the molecule is O=C(CNC12CCC(F)(CC1)Cn1c2nc(C(=O)NCc2ccc(F)cc2)c(O)c1=O)C(=O)N1CC[C@@H](F)C1. The molecule has 3 N–H and O–H groups in total. The van der Waals surface area contributed by atoms with Crippen molar-refractivity contribution in [2.75, 3.05) is 19.6 Å². The lowest BCUT2D eigenvalue weighted by Gasteiger charge is -2.38. The second kappa shape index (κ2) is 10.1. The molecular formula is C26H28F3N5O5. The van der Waals surface area contributed by atoms with E-state index in [2.05, 4.69) is 15.6 Å². The Morgan fingerprint density at radius 2 is 1.82 bits per heavy atom. The summed E-state index contributed by atoms with van der Waals surface area (Å²) in [5, 5.41) is 16.1. The fraction of sp³-hybridized carbons (Fsp3) is 0.500. The Balaban J connectivity index is 1.42. The van der Waals surface area contributed by atoms with Gasteiger partial charge in [-0.25, -0.2) is 18.2 Å². The maximum absolute atomic E-state index is 15.6. The van der Waals surface area contributed by atoms with Gasteiger partial charge in [0, 0.05) is 13.1 Å². The number of likely N-dealkylation sites (tertiary alicyclic amines) is 1. The molecule has 3 aliphatic heterocycles. The number of carbonyl (C=O) groups excluding carboxylic acids is 3. The van der Waals surface area contributed by atoms with Crippen molar-refractivity contribution >= 4 is 17.6 Å². The minimum Gasteiger partial charge on any atom is -0.501 e. The fourth-order valence-electron chi connectivity index (χ4n) is 5.53. The molecule has 208 valence electrons. The molecule has 0 spiro atoms. The van der Waals surface area contributed by atoms with E-state index in [1.807, 2.05) is 0 Å². The van der Waals surface area contributed by atoms with Crippen molar-refractivity contribution < 1.29 is 32.7 Å². The fourth-order valence-corrected chi connectivity index (χ4v) is 5.53. The standard InChI is InChI=1S/C26H28F3N5O5/c27-16-3-1-15(2-4-16)11-30-21(37)19-20(36)23(39)34-14-25(29)6-8-26(9-7-25,24(34)32-19)31-12-18(35)22(38)33-10-5-17(28)13-33/h1-4,17,31,36H,5-14H2,(H,30,37)/t17-,25?,26?/m1/s1. The number of carbonyl (C=O) groups is 3. The van der Waals surface area contributed by atoms with Gasteiger partial charge in [0.15, 0.2) is 5.69 Å². The number of nitrogens with one attached hydrogen (secondary N) is 2. The molecule has 1 saturated heterocycles. The van der Waals surface area contributed by atoms with Crippen LogP contribution in [0.15, 0.2) is 29.1 Å². The normalized spacial score (nSPS) is 25.7. The van der Waals surface area contributed by atoms with Crippen LogP contribution < -0.4 is 16.2 Å². The number of amides is 2. The van der Waals surface area contributed by atoms with Gasteiger partial charge in [0.2, 0.25) is 11.5 Å². The van der Waals surface area contributed by atoms with Gasteiger partial charge in [-0.3, -0.25) is 29.1 Å². The summed E-state index contributed by atoms with van der Waals surface area (Å²) >= 11 is 0. The van der Waals surface area contributed by atoms with Gasteiger partial charge < -0.3 is 15.3 Å². The first-order chi connectivity index (χ1) is 18.5. The first kappa shape index (κ1) is 26.9. The minimum atomic E-state index is -1.76. The quantitative estimate of drug-likeness (QED) is 0.444. The number of rotatable bonds is 7. The number of hydrogen-bond donors (Lipinski definition) is 3. The topological polar surface area (TPSA) is 134 Å². The molecule has 1 aromatic carbocycles. The average Bonchev–Trinajstić information content (AvgIpc) is 3.26. The number of hydrogen-bond acceptors (Lipinski definition) is 7. The summed E-state index contributed by atoms with van der Waals surface area (Å²) in [6.07, 6.45) is -0.745. The third-order valence-electron chi connectivity index (χ3n) is 7.84. The van der Waals surface area contributed by atoms with Gasteiger partial charge in [0.1, 0.15) is 23.5 Å². The molecule has 2 bridgehead atoms. The molecule has 4 aliphatic rings. The van der Waals surface area contributed by atoms with Gasteiger partial charge in [-0.2, -0.15) is 0 Å². The molecule has 10 nitrogen and oxygen atoms in total. The van der Waals surface area contributed by atoms with Crippen molar-refractivity contribution in [3.63, 3.8) is 0 Å². The van der Waals surface area contributed by atoms with E-state index in [1.165, 1.54) is 24.3 Å². The zero-order valence-electron chi connectivity index (χ0n) is 21.0. The largest absolute Gasteiger partial charge is 0.501 e. The van der Waals surface area contributed by atoms with Crippen molar-refractivity contribution in [2.45, 2.75) is 62.6 Å². The van der Waals surface area contributed by atoms with E-state index in [-0.39, 0.29) is 64.1 Å². The lowest BCUT2D eigenvalue weighted by atomic mass is 9.76. The van der Waals surface area contributed by atoms with E-state index >= 15 is 4.39 Å². The molecule has 2 aromatic rings. The summed E-state index contributed by atoms with van der Waals surface area (Å²) in [6.45, 7) is -0.912. The number of ketones is 1. The maximum atomic E-state index is 15.6. The number of aromatic hydroxyl groups is 1. The first-order valence-electron chi connectivity index (χ1n) is 12.8. The van der Waals surface area contributed by atoms with Crippen molar-refractivity contribution in [1.82, 2.24) is 25.1 Å². The highest BCUT2D eigenvalue weighted by atomic mass is 19.1. The van der Waals surface area contributed by atoms with Crippen molar-refractivity contribution in [3.05, 3.63) is 57.5 Å². The third kappa shape index (κ3) is 5.14. The van der Waals surface area contributed by atoms with Crippen LogP contribution in [0, 0.1) is 5.82 Å². The van der Waals surface area contributed by atoms with Crippen LogP contribution in [-0.4, -0.2) is 68.6 Å². The maximum Gasteiger partial charge on any atom is 0.296 e. The lowest BCUT2D eigenvalue weighted by Crippen LogP contribution is -2.51. The van der Waals surface area contributed by atoms with Crippen LogP contribution in [0.5, 0.6) is 5.75 Å². The zero-order chi connectivity index (χ0) is 27.9. The summed E-state index contributed by atoms with van der Waals surface area (Å²) in [4.78, 5) is 56.7. The Labute approximate surface area is 221 Å². The molecule has 4 heterocycles. The molecule has 0 radical (unpaired) electrons. The smallest absolute Gasteiger partial charge is 0.296 e. The van der Waals surface area contributed by atoms with Crippen LogP contribution in [0.1, 0.15) is 54.0 Å². The molecule has 39 heavy (non-hydrogen) atoms. The third-order valence-corrected chi connectivity index (χ3v) is 7.84. The second-order valence-corrected chi connectivity index (χ2v) is 10.5. The molecule has 2 amide bonds. The van der Waals surface area contributed by atoms with Gasteiger partial charge in [0.25, 0.3) is 17.4 Å². The van der Waals surface area contributed by atoms with Crippen molar-refractivity contribution in [3.8, 4) is 5.75 Å². The number of alkyl halides is 2. The highest BCUT2D eigenvalue weighted by Crippen LogP contribution is 2.46. The summed E-state index contributed by atoms with van der Waals surface area (Å²) in [5.74, 6) is -3.93. The second-order valence-electron chi connectivity index (χ2n) is 10.5.